The molecule has 6 heteroatoms. The third-order valence-electron chi connectivity index (χ3n) is 2.22. The molecule has 1 aromatic carbocycles. The highest BCUT2D eigenvalue weighted by atomic mass is 79.9. The highest BCUT2D eigenvalue weighted by Gasteiger charge is 2.08. The van der Waals surface area contributed by atoms with Crippen molar-refractivity contribution in [2.45, 2.75) is 0 Å². The maximum Gasteiger partial charge on any atom is 0.274 e. The molecule has 0 aliphatic carbocycles. The Balaban J connectivity index is 2.16. The average Bonchev–Trinajstić information content (AvgIpc) is 2.34. The molecular formula is C12H9BrFN3O. The molecule has 18 heavy (non-hydrogen) atoms. The minimum Gasteiger partial charge on any atom is -0.398 e. The Kier molecular flexibility index (Phi) is 3.57. The van der Waals surface area contributed by atoms with E-state index >= 15 is 0 Å². The zero-order chi connectivity index (χ0) is 13.1. The molecule has 92 valence electrons. The number of nitrogens with two attached hydrogens (primary N) is 1. The lowest BCUT2D eigenvalue weighted by molar-refractivity contribution is 0.102. The van der Waals surface area contributed by atoms with Crippen LogP contribution in [-0.2, 0) is 0 Å². The lowest BCUT2D eigenvalue weighted by atomic mass is 10.2. The van der Waals surface area contributed by atoms with Crippen LogP contribution in [0.5, 0.6) is 0 Å². The van der Waals surface area contributed by atoms with Gasteiger partial charge in [-0.05, 0) is 46.3 Å². The van der Waals surface area contributed by atoms with Crippen LogP contribution in [0.15, 0.2) is 41.0 Å². The molecular weight excluding hydrogens is 301 g/mol. The number of pyridine rings is 1. The molecule has 0 saturated carbocycles. The number of nitrogens with one attached hydrogen (secondary N) is 1. The number of halogens is 2. The van der Waals surface area contributed by atoms with Crippen molar-refractivity contribution in [3.05, 3.63) is 52.5 Å². The first-order valence-electron chi connectivity index (χ1n) is 5.04. The number of anilines is 2. The summed E-state index contributed by atoms with van der Waals surface area (Å²) in [7, 11) is 0. The molecule has 2 aromatic rings. The van der Waals surface area contributed by atoms with Crippen LogP contribution < -0.4 is 11.1 Å². The highest BCUT2D eigenvalue weighted by Crippen LogP contribution is 2.23. The van der Waals surface area contributed by atoms with Gasteiger partial charge in [0.15, 0.2) is 0 Å². The summed E-state index contributed by atoms with van der Waals surface area (Å²) < 4.78 is 13.3. The summed E-state index contributed by atoms with van der Waals surface area (Å²) in [6, 6.07) is 7.51. The standard InChI is InChI=1S/C12H9BrFN3O/c13-9-5-8(2-3-10(9)15)17-12(18)11-4-1-7(14)6-16-11/h1-6H,15H2,(H,17,18). The van der Waals surface area contributed by atoms with E-state index in [1.807, 2.05) is 0 Å². The molecule has 3 N–H and O–H groups in total. The molecule has 0 aliphatic heterocycles. The lowest BCUT2D eigenvalue weighted by Gasteiger charge is -2.06. The van der Waals surface area contributed by atoms with Crippen molar-refractivity contribution in [2.75, 3.05) is 11.1 Å². The van der Waals surface area contributed by atoms with Crippen LogP contribution >= 0.6 is 15.9 Å². The Morgan fingerprint density at radius 1 is 1.33 bits per heavy atom. The predicted molar refractivity (Wildman–Crippen MR) is 70.7 cm³/mol. The topological polar surface area (TPSA) is 68.0 Å². The van der Waals surface area contributed by atoms with Crippen LogP contribution in [0.2, 0.25) is 0 Å². The average molecular weight is 310 g/mol. The van der Waals surface area contributed by atoms with Crippen molar-refractivity contribution in [3.63, 3.8) is 0 Å². The molecule has 0 spiro atoms. The van der Waals surface area contributed by atoms with Gasteiger partial charge < -0.3 is 11.1 Å². The van der Waals surface area contributed by atoms with E-state index in [-0.39, 0.29) is 5.69 Å². The van der Waals surface area contributed by atoms with Gasteiger partial charge in [-0.1, -0.05) is 0 Å². The predicted octanol–water partition coefficient (Wildman–Crippen LogP) is 2.82. The van der Waals surface area contributed by atoms with Gasteiger partial charge in [-0.3, -0.25) is 4.79 Å². The molecule has 0 atom stereocenters. The fraction of sp³-hybridized carbons (Fsp3) is 0. The SMILES string of the molecule is Nc1ccc(NC(=O)c2ccc(F)cn2)cc1Br. The number of hydrogen-bond donors (Lipinski definition) is 2. The van der Waals surface area contributed by atoms with Crippen molar-refractivity contribution in [1.29, 1.82) is 0 Å². The third-order valence-corrected chi connectivity index (χ3v) is 2.91. The summed E-state index contributed by atoms with van der Waals surface area (Å²) in [4.78, 5) is 15.5. The summed E-state index contributed by atoms with van der Waals surface area (Å²) in [6.45, 7) is 0. The zero-order valence-corrected chi connectivity index (χ0v) is 10.7. The van der Waals surface area contributed by atoms with Gasteiger partial charge in [0.05, 0.1) is 6.20 Å². The number of nitrogen functional groups attached to an aromatic ring is 1. The normalized spacial score (nSPS) is 10.1. The fourth-order valence-electron chi connectivity index (χ4n) is 1.31. The zero-order valence-electron chi connectivity index (χ0n) is 9.15. The smallest absolute Gasteiger partial charge is 0.274 e. The Morgan fingerprint density at radius 3 is 2.72 bits per heavy atom. The molecule has 1 amide bonds. The number of aromatic nitrogens is 1. The minimum absolute atomic E-state index is 0.143. The highest BCUT2D eigenvalue weighted by molar-refractivity contribution is 9.10. The monoisotopic (exact) mass is 309 g/mol. The van der Waals surface area contributed by atoms with Crippen LogP contribution in [0, 0.1) is 5.82 Å². The Labute approximate surface area is 111 Å². The Bertz CT molecular complexity index is 586. The molecule has 0 aliphatic rings. The van der Waals surface area contributed by atoms with Gasteiger partial charge in [0, 0.05) is 15.8 Å². The number of amides is 1. The minimum atomic E-state index is -0.484. The number of benzene rings is 1. The maximum absolute atomic E-state index is 12.7. The van der Waals surface area contributed by atoms with E-state index in [1.54, 1.807) is 18.2 Å². The van der Waals surface area contributed by atoms with E-state index in [1.165, 1.54) is 12.1 Å². The van der Waals surface area contributed by atoms with Gasteiger partial charge in [-0.15, -0.1) is 0 Å². The summed E-state index contributed by atoms with van der Waals surface area (Å²) >= 11 is 3.26. The summed E-state index contributed by atoms with van der Waals surface area (Å²) in [6.07, 6.45) is 0.994. The second kappa shape index (κ2) is 5.14. The number of rotatable bonds is 2. The largest absolute Gasteiger partial charge is 0.398 e. The quantitative estimate of drug-likeness (QED) is 0.838. The van der Waals surface area contributed by atoms with E-state index in [4.69, 9.17) is 5.73 Å². The van der Waals surface area contributed by atoms with E-state index in [2.05, 4.69) is 26.2 Å². The molecule has 4 nitrogen and oxygen atoms in total. The summed E-state index contributed by atoms with van der Waals surface area (Å²) in [5, 5.41) is 2.64. The van der Waals surface area contributed by atoms with Crippen molar-refractivity contribution in [2.24, 2.45) is 0 Å². The molecule has 2 rings (SSSR count). The van der Waals surface area contributed by atoms with Gasteiger partial charge in [-0.25, -0.2) is 9.37 Å². The van der Waals surface area contributed by atoms with Gasteiger partial charge in [0.1, 0.15) is 11.5 Å². The van der Waals surface area contributed by atoms with Crippen molar-refractivity contribution in [3.8, 4) is 0 Å². The molecule has 0 saturated heterocycles. The number of hydrogen-bond acceptors (Lipinski definition) is 3. The van der Waals surface area contributed by atoms with E-state index in [0.29, 0.717) is 15.8 Å². The first-order chi connectivity index (χ1) is 8.56. The van der Waals surface area contributed by atoms with Crippen molar-refractivity contribution < 1.29 is 9.18 Å². The first-order valence-corrected chi connectivity index (χ1v) is 5.83. The molecule has 1 aromatic heterocycles. The third kappa shape index (κ3) is 2.84. The summed E-state index contributed by atoms with van der Waals surface area (Å²) in [5.41, 5.74) is 6.93. The van der Waals surface area contributed by atoms with E-state index in [0.717, 1.165) is 6.20 Å². The fourth-order valence-corrected chi connectivity index (χ4v) is 1.69. The van der Waals surface area contributed by atoms with Crippen LogP contribution in [0.4, 0.5) is 15.8 Å². The number of carbonyl (C=O) groups excluding carboxylic acids is 1. The molecule has 0 unspecified atom stereocenters. The Hall–Kier alpha value is -1.95. The van der Waals surface area contributed by atoms with E-state index in [9.17, 15) is 9.18 Å². The van der Waals surface area contributed by atoms with Crippen LogP contribution in [0.3, 0.4) is 0 Å². The van der Waals surface area contributed by atoms with Gasteiger partial charge >= 0.3 is 0 Å². The molecule has 0 radical (unpaired) electrons. The van der Waals surface area contributed by atoms with Gasteiger partial charge in [0.25, 0.3) is 5.91 Å². The van der Waals surface area contributed by atoms with Crippen molar-refractivity contribution >= 4 is 33.2 Å². The molecule has 1 heterocycles. The second-order valence-electron chi connectivity index (χ2n) is 3.55. The summed E-state index contributed by atoms with van der Waals surface area (Å²) in [5.74, 6) is -0.895. The lowest BCUT2D eigenvalue weighted by Crippen LogP contribution is -2.13. The van der Waals surface area contributed by atoms with E-state index < -0.39 is 11.7 Å². The maximum atomic E-state index is 12.7. The molecule has 0 fully saturated rings. The second-order valence-corrected chi connectivity index (χ2v) is 4.41. The van der Waals surface area contributed by atoms with Crippen LogP contribution in [-0.4, -0.2) is 10.9 Å². The van der Waals surface area contributed by atoms with Crippen LogP contribution in [0.1, 0.15) is 10.5 Å². The van der Waals surface area contributed by atoms with Crippen LogP contribution in [0.25, 0.3) is 0 Å². The van der Waals surface area contributed by atoms with Crippen molar-refractivity contribution in [1.82, 2.24) is 4.98 Å². The van der Waals surface area contributed by atoms with Gasteiger partial charge in [-0.2, -0.15) is 0 Å². The van der Waals surface area contributed by atoms with Gasteiger partial charge in [0.2, 0.25) is 0 Å². The Morgan fingerprint density at radius 2 is 2.11 bits per heavy atom. The molecule has 0 bridgehead atoms. The first kappa shape index (κ1) is 12.5. The number of nitrogens with zero attached hydrogens (tertiary/aromatic N) is 1. The number of carbonyl (C=O) groups is 1.